The number of aryl methyl sites for hydroxylation is 1. The van der Waals surface area contributed by atoms with E-state index in [0.717, 1.165) is 0 Å². The second-order valence-corrected chi connectivity index (χ2v) is 6.22. The number of nitrogens with zero attached hydrogens (tertiary/aromatic N) is 4. The minimum atomic E-state index is -0.598. The van der Waals surface area contributed by atoms with Gasteiger partial charge in [0.2, 0.25) is 0 Å². The van der Waals surface area contributed by atoms with Gasteiger partial charge in [0.15, 0.2) is 11.6 Å². The number of hydrogen-bond acceptors (Lipinski definition) is 6. The molecule has 2 heterocycles. The molecule has 0 saturated heterocycles. The van der Waals surface area contributed by atoms with E-state index in [0.29, 0.717) is 12.2 Å². The van der Waals surface area contributed by atoms with Gasteiger partial charge in [0.1, 0.15) is 24.1 Å². The first kappa shape index (κ1) is 18.6. The third-order valence-corrected chi connectivity index (χ3v) is 4.67. The molecular weight excluding hydrogens is 328 g/mol. The quantitative estimate of drug-likeness (QED) is 0.455. The SMILES string of the molecule is CCC(C)C1C(O)=C(C(C)=O)C(=O)N1CCn1c([N+](=O)[O-])cnc1C. The van der Waals surface area contributed by atoms with Crippen LogP contribution < -0.4 is 0 Å². The molecular formula is C16H22N4O5. The number of rotatable bonds is 7. The molecule has 1 aliphatic rings. The molecule has 1 aromatic rings. The molecule has 2 unspecified atom stereocenters. The number of aliphatic hydroxyl groups excluding tert-OH is 1. The van der Waals surface area contributed by atoms with Crippen molar-refractivity contribution in [1.29, 1.82) is 0 Å². The van der Waals surface area contributed by atoms with Crippen molar-refractivity contribution in [3.05, 3.63) is 33.5 Å². The Kier molecular flexibility index (Phi) is 5.24. The molecule has 0 bridgehead atoms. The Hall–Kier alpha value is -2.71. The monoisotopic (exact) mass is 350 g/mol. The number of nitro groups is 1. The summed E-state index contributed by atoms with van der Waals surface area (Å²) < 4.78 is 1.41. The molecule has 1 aromatic heterocycles. The van der Waals surface area contributed by atoms with Crippen molar-refractivity contribution >= 4 is 17.5 Å². The Morgan fingerprint density at radius 1 is 1.48 bits per heavy atom. The molecule has 9 nitrogen and oxygen atoms in total. The molecule has 0 spiro atoms. The van der Waals surface area contributed by atoms with E-state index in [1.165, 1.54) is 22.6 Å². The first-order valence-corrected chi connectivity index (χ1v) is 8.12. The van der Waals surface area contributed by atoms with Crippen LogP contribution >= 0.6 is 0 Å². The van der Waals surface area contributed by atoms with Crippen LogP contribution in [0, 0.1) is 23.0 Å². The highest BCUT2D eigenvalue weighted by atomic mass is 16.6. The summed E-state index contributed by atoms with van der Waals surface area (Å²) in [5.41, 5.74) is -0.192. The lowest BCUT2D eigenvalue weighted by atomic mass is 9.96. The van der Waals surface area contributed by atoms with E-state index in [1.807, 2.05) is 13.8 Å². The van der Waals surface area contributed by atoms with Crippen molar-refractivity contribution in [2.45, 2.75) is 46.7 Å². The second kappa shape index (κ2) is 7.04. The summed E-state index contributed by atoms with van der Waals surface area (Å²) in [5, 5.41) is 21.5. The summed E-state index contributed by atoms with van der Waals surface area (Å²) in [4.78, 5) is 40.2. The summed E-state index contributed by atoms with van der Waals surface area (Å²) in [6.07, 6.45) is 1.87. The van der Waals surface area contributed by atoms with E-state index in [9.17, 15) is 24.8 Å². The third-order valence-electron chi connectivity index (χ3n) is 4.67. The second-order valence-electron chi connectivity index (χ2n) is 6.22. The van der Waals surface area contributed by atoms with Crippen LogP contribution in [0.25, 0.3) is 0 Å². The van der Waals surface area contributed by atoms with E-state index in [4.69, 9.17) is 0 Å². The number of carbonyl (C=O) groups is 2. The molecule has 1 amide bonds. The minimum Gasteiger partial charge on any atom is -0.509 e. The maximum atomic E-state index is 12.6. The molecule has 1 aliphatic heterocycles. The van der Waals surface area contributed by atoms with Crippen molar-refractivity contribution in [2.24, 2.45) is 5.92 Å². The zero-order chi connectivity index (χ0) is 18.9. The summed E-state index contributed by atoms with van der Waals surface area (Å²) in [6.45, 7) is 6.98. The fraction of sp³-hybridized carbons (Fsp3) is 0.562. The predicted molar refractivity (Wildman–Crippen MR) is 88.9 cm³/mol. The maximum Gasteiger partial charge on any atom is 0.342 e. The highest BCUT2D eigenvalue weighted by Crippen LogP contribution is 2.31. The summed E-state index contributed by atoms with van der Waals surface area (Å²) >= 11 is 0. The summed E-state index contributed by atoms with van der Waals surface area (Å²) in [5.74, 6) is -0.974. The number of carbonyl (C=O) groups excluding carboxylic acids is 2. The molecule has 1 N–H and O–H groups in total. The van der Waals surface area contributed by atoms with E-state index in [1.54, 1.807) is 6.92 Å². The normalized spacial score (nSPS) is 18.8. The van der Waals surface area contributed by atoms with E-state index in [2.05, 4.69) is 4.98 Å². The number of Topliss-reactive ketones (excluding diaryl/α,β-unsaturated/α-hetero) is 1. The molecule has 136 valence electrons. The average Bonchev–Trinajstić information content (AvgIpc) is 3.02. The van der Waals surface area contributed by atoms with Gasteiger partial charge in [-0.05, 0) is 17.8 Å². The van der Waals surface area contributed by atoms with Gasteiger partial charge in [-0.25, -0.2) is 9.55 Å². The zero-order valence-corrected chi connectivity index (χ0v) is 14.7. The molecule has 0 aliphatic carbocycles. The number of ketones is 1. The molecule has 0 radical (unpaired) electrons. The van der Waals surface area contributed by atoms with E-state index >= 15 is 0 Å². The summed E-state index contributed by atoms with van der Waals surface area (Å²) in [6, 6.07) is -0.598. The molecule has 0 aromatic carbocycles. The fourth-order valence-corrected chi connectivity index (χ4v) is 3.13. The Labute approximate surface area is 145 Å². The van der Waals surface area contributed by atoms with Gasteiger partial charge in [0, 0.05) is 6.92 Å². The third kappa shape index (κ3) is 3.26. The number of aliphatic hydroxyl groups is 1. The molecule has 2 rings (SSSR count). The standard InChI is InChI=1S/C16H22N4O5/c1-5-9(2)14-15(22)13(10(3)21)16(23)19(14)7-6-18-11(4)17-8-12(18)20(24)25/h8-9,14,22H,5-7H2,1-4H3. The summed E-state index contributed by atoms with van der Waals surface area (Å²) in [7, 11) is 0. The molecule has 25 heavy (non-hydrogen) atoms. The Bertz CT molecular complexity index is 752. The fourth-order valence-electron chi connectivity index (χ4n) is 3.13. The Balaban J connectivity index is 2.29. The van der Waals surface area contributed by atoms with Gasteiger partial charge in [0.05, 0.1) is 12.6 Å². The van der Waals surface area contributed by atoms with Crippen LogP contribution in [0.4, 0.5) is 5.82 Å². The smallest absolute Gasteiger partial charge is 0.342 e. The van der Waals surface area contributed by atoms with Crippen LogP contribution in [0.15, 0.2) is 17.5 Å². The van der Waals surface area contributed by atoms with Gasteiger partial charge in [0.25, 0.3) is 5.91 Å². The van der Waals surface area contributed by atoms with Gasteiger partial charge < -0.3 is 20.1 Å². The highest BCUT2D eigenvalue weighted by Gasteiger charge is 2.43. The predicted octanol–water partition coefficient (Wildman–Crippen LogP) is 1.76. The lowest BCUT2D eigenvalue weighted by Gasteiger charge is -2.29. The lowest BCUT2D eigenvalue weighted by molar-refractivity contribution is -0.392. The Morgan fingerprint density at radius 3 is 2.64 bits per heavy atom. The number of imidazole rings is 1. The Morgan fingerprint density at radius 2 is 2.12 bits per heavy atom. The van der Waals surface area contributed by atoms with Crippen molar-refractivity contribution in [1.82, 2.24) is 14.5 Å². The number of amides is 1. The first-order chi connectivity index (χ1) is 11.7. The van der Waals surface area contributed by atoms with Crippen LogP contribution in [-0.4, -0.2) is 48.8 Å². The van der Waals surface area contributed by atoms with Crippen LogP contribution in [0.1, 0.15) is 33.0 Å². The van der Waals surface area contributed by atoms with Crippen molar-refractivity contribution in [2.75, 3.05) is 6.54 Å². The maximum absolute atomic E-state index is 12.6. The molecule has 2 atom stereocenters. The number of hydrogen-bond donors (Lipinski definition) is 1. The highest BCUT2D eigenvalue weighted by molar-refractivity contribution is 6.20. The van der Waals surface area contributed by atoms with E-state index < -0.39 is 22.7 Å². The van der Waals surface area contributed by atoms with Gasteiger partial charge >= 0.3 is 5.82 Å². The molecule has 0 saturated carbocycles. The van der Waals surface area contributed by atoms with Crippen molar-refractivity contribution in [3.8, 4) is 0 Å². The van der Waals surface area contributed by atoms with Gasteiger partial charge in [-0.3, -0.25) is 9.59 Å². The minimum absolute atomic E-state index is 0.0559. The van der Waals surface area contributed by atoms with E-state index in [-0.39, 0.29) is 36.2 Å². The van der Waals surface area contributed by atoms with Gasteiger partial charge in [-0.2, -0.15) is 0 Å². The van der Waals surface area contributed by atoms with Gasteiger partial charge in [-0.1, -0.05) is 20.3 Å². The topological polar surface area (TPSA) is 119 Å². The molecule has 9 heteroatoms. The van der Waals surface area contributed by atoms with Crippen LogP contribution in [0.5, 0.6) is 0 Å². The lowest BCUT2D eigenvalue weighted by Crippen LogP contribution is -2.42. The largest absolute Gasteiger partial charge is 0.509 e. The first-order valence-electron chi connectivity index (χ1n) is 8.12. The van der Waals surface area contributed by atoms with Crippen molar-refractivity contribution in [3.63, 3.8) is 0 Å². The molecule has 0 fully saturated rings. The van der Waals surface area contributed by atoms with Crippen LogP contribution in [-0.2, 0) is 16.1 Å². The van der Waals surface area contributed by atoms with Crippen LogP contribution in [0.3, 0.4) is 0 Å². The number of aromatic nitrogens is 2. The zero-order valence-electron chi connectivity index (χ0n) is 14.7. The van der Waals surface area contributed by atoms with Gasteiger partial charge in [-0.15, -0.1) is 0 Å². The van der Waals surface area contributed by atoms with Crippen LogP contribution in [0.2, 0.25) is 0 Å². The van der Waals surface area contributed by atoms with Crippen molar-refractivity contribution < 1.29 is 19.6 Å². The average molecular weight is 350 g/mol.